The summed E-state index contributed by atoms with van der Waals surface area (Å²) in [6.45, 7) is 2.95. The summed E-state index contributed by atoms with van der Waals surface area (Å²) in [6, 6.07) is 0.393. The molecule has 4 unspecified atom stereocenters. The fraction of sp³-hybridized carbons (Fsp3) is 0.933. The maximum Gasteiger partial charge on any atom is 0.225 e. The number of hydrogen-bond donors (Lipinski definition) is 1. The van der Waals surface area contributed by atoms with Gasteiger partial charge in [-0.1, -0.05) is 26.2 Å². The van der Waals surface area contributed by atoms with Crippen LogP contribution in [0.4, 0.5) is 0 Å². The average molecular weight is 252 g/mol. The Morgan fingerprint density at radius 3 is 2.50 bits per heavy atom. The molecule has 0 bridgehead atoms. The first-order valence-electron chi connectivity index (χ1n) is 7.62. The molecule has 2 N–H and O–H groups in total. The molecule has 0 aromatic rings. The standard InChI is InChI=1S/C15H28N2O/c1-11-6-5-8-13(11)15(18)17(2)14-9-4-3-7-12(14)10-16/h11-14H,3-10,16H2,1-2H3. The maximum atomic E-state index is 12.6. The summed E-state index contributed by atoms with van der Waals surface area (Å²) >= 11 is 0. The van der Waals surface area contributed by atoms with E-state index in [2.05, 4.69) is 6.92 Å². The van der Waals surface area contributed by atoms with E-state index in [1.807, 2.05) is 11.9 Å². The molecule has 0 saturated heterocycles. The number of carbonyl (C=O) groups excluding carboxylic acids is 1. The smallest absolute Gasteiger partial charge is 0.225 e. The number of nitrogens with zero attached hydrogens (tertiary/aromatic N) is 1. The maximum absolute atomic E-state index is 12.6. The second kappa shape index (κ2) is 6.05. The Bertz CT molecular complexity index is 292. The minimum atomic E-state index is 0.273. The highest BCUT2D eigenvalue weighted by molar-refractivity contribution is 5.79. The summed E-state index contributed by atoms with van der Waals surface area (Å²) in [5.41, 5.74) is 5.87. The normalized spacial score (nSPS) is 36.6. The molecule has 0 spiro atoms. The molecule has 104 valence electrons. The van der Waals surface area contributed by atoms with Crippen LogP contribution in [0.25, 0.3) is 0 Å². The van der Waals surface area contributed by atoms with E-state index in [1.165, 1.54) is 32.1 Å². The molecule has 2 aliphatic rings. The van der Waals surface area contributed by atoms with Crippen LogP contribution in [0, 0.1) is 17.8 Å². The molecule has 0 aromatic carbocycles. The highest BCUT2D eigenvalue weighted by atomic mass is 16.2. The third-order valence-electron chi connectivity index (χ3n) is 5.20. The summed E-state index contributed by atoms with van der Waals surface area (Å²) in [4.78, 5) is 14.6. The second-order valence-corrected chi connectivity index (χ2v) is 6.31. The quantitative estimate of drug-likeness (QED) is 0.838. The molecule has 0 radical (unpaired) electrons. The van der Waals surface area contributed by atoms with Gasteiger partial charge >= 0.3 is 0 Å². The van der Waals surface area contributed by atoms with Gasteiger partial charge in [0.1, 0.15) is 0 Å². The number of amides is 1. The zero-order valence-corrected chi connectivity index (χ0v) is 11.9. The number of hydrogen-bond acceptors (Lipinski definition) is 2. The summed E-state index contributed by atoms with van der Waals surface area (Å²) in [7, 11) is 2.01. The van der Waals surface area contributed by atoms with E-state index >= 15 is 0 Å². The van der Waals surface area contributed by atoms with Crippen LogP contribution in [0.1, 0.15) is 51.9 Å². The molecule has 2 saturated carbocycles. The Hall–Kier alpha value is -0.570. The van der Waals surface area contributed by atoms with Gasteiger partial charge < -0.3 is 10.6 Å². The molecule has 18 heavy (non-hydrogen) atoms. The highest BCUT2D eigenvalue weighted by Gasteiger charge is 2.36. The van der Waals surface area contributed by atoms with E-state index in [1.54, 1.807) is 0 Å². The van der Waals surface area contributed by atoms with Crippen LogP contribution in [0.15, 0.2) is 0 Å². The Morgan fingerprint density at radius 2 is 1.89 bits per heavy atom. The molecule has 2 fully saturated rings. The van der Waals surface area contributed by atoms with Gasteiger partial charge in [-0.05, 0) is 44.1 Å². The van der Waals surface area contributed by atoms with Crippen LogP contribution in [-0.4, -0.2) is 30.4 Å². The molecule has 4 atom stereocenters. The molecular weight excluding hydrogens is 224 g/mol. The lowest BCUT2D eigenvalue weighted by atomic mass is 9.83. The van der Waals surface area contributed by atoms with Crippen molar-refractivity contribution in [1.29, 1.82) is 0 Å². The molecule has 0 aromatic heterocycles. The summed E-state index contributed by atoms with van der Waals surface area (Å²) < 4.78 is 0. The van der Waals surface area contributed by atoms with Crippen molar-refractivity contribution >= 4 is 5.91 Å². The predicted molar refractivity (Wildman–Crippen MR) is 74.1 cm³/mol. The van der Waals surface area contributed by atoms with Crippen LogP contribution in [0.2, 0.25) is 0 Å². The third-order valence-corrected chi connectivity index (χ3v) is 5.20. The molecule has 2 rings (SSSR count). The molecule has 3 heteroatoms. The predicted octanol–water partition coefficient (Wildman–Crippen LogP) is 2.40. The van der Waals surface area contributed by atoms with E-state index in [9.17, 15) is 4.79 Å². The first-order chi connectivity index (χ1) is 8.65. The van der Waals surface area contributed by atoms with Crippen LogP contribution in [-0.2, 0) is 4.79 Å². The van der Waals surface area contributed by atoms with Gasteiger partial charge in [0.15, 0.2) is 0 Å². The topological polar surface area (TPSA) is 46.3 Å². The largest absolute Gasteiger partial charge is 0.342 e. The third kappa shape index (κ3) is 2.71. The van der Waals surface area contributed by atoms with Crippen LogP contribution in [0.5, 0.6) is 0 Å². The molecule has 0 heterocycles. The first-order valence-corrected chi connectivity index (χ1v) is 7.62. The van der Waals surface area contributed by atoms with Crippen LogP contribution < -0.4 is 5.73 Å². The average Bonchev–Trinajstić information content (AvgIpc) is 2.83. The van der Waals surface area contributed by atoms with Crippen molar-refractivity contribution in [3.05, 3.63) is 0 Å². The first kappa shape index (κ1) is 13.9. The van der Waals surface area contributed by atoms with Crippen LogP contribution in [0.3, 0.4) is 0 Å². The minimum absolute atomic E-state index is 0.273. The van der Waals surface area contributed by atoms with Gasteiger partial charge in [-0.25, -0.2) is 0 Å². The second-order valence-electron chi connectivity index (χ2n) is 6.31. The highest BCUT2D eigenvalue weighted by Crippen LogP contribution is 2.35. The summed E-state index contributed by atoms with van der Waals surface area (Å²) in [5, 5.41) is 0. The van der Waals surface area contributed by atoms with Crippen molar-refractivity contribution in [2.24, 2.45) is 23.5 Å². The lowest BCUT2D eigenvalue weighted by molar-refractivity contribution is -0.139. The Morgan fingerprint density at radius 1 is 1.17 bits per heavy atom. The fourth-order valence-corrected chi connectivity index (χ4v) is 3.91. The molecule has 3 nitrogen and oxygen atoms in total. The van der Waals surface area contributed by atoms with Gasteiger partial charge in [0.05, 0.1) is 0 Å². The van der Waals surface area contributed by atoms with Gasteiger partial charge in [0.25, 0.3) is 0 Å². The van der Waals surface area contributed by atoms with E-state index in [-0.39, 0.29) is 5.92 Å². The van der Waals surface area contributed by atoms with Gasteiger partial charge in [0.2, 0.25) is 5.91 Å². The van der Waals surface area contributed by atoms with Crippen molar-refractivity contribution < 1.29 is 4.79 Å². The van der Waals surface area contributed by atoms with E-state index in [4.69, 9.17) is 5.73 Å². The lowest BCUT2D eigenvalue weighted by Crippen LogP contribution is -2.48. The molecular formula is C15H28N2O. The zero-order chi connectivity index (χ0) is 13.1. The van der Waals surface area contributed by atoms with E-state index in [0.29, 0.717) is 23.8 Å². The fourth-order valence-electron chi connectivity index (χ4n) is 3.91. The molecule has 1 amide bonds. The number of carbonyl (C=O) groups is 1. The number of nitrogens with two attached hydrogens (primary N) is 1. The summed E-state index contributed by atoms with van der Waals surface area (Å²) in [6.07, 6.45) is 8.39. The lowest BCUT2D eigenvalue weighted by Gasteiger charge is -2.39. The zero-order valence-electron chi connectivity index (χ0n) is 11.9. The minimum Gasteiger partial charge on any atom is -0.342 e. The van der Waals surface area contributed by atoms with Gasteiger partial charge in [-0.2, -0.15) is 0 Å². The Balaban J connectivity index is 2.00. The van der Waals surface area contributed by atoms with Gasteiger partial charge in [-0.15, -0.1) is 0 Å². The van der Waals surface area contributed by atoms with E-state index < -0.39 is 0 Å². The molecule has 0 aliphatic heterocycles. The number of rotatable bonds is 3. The van der Waals surface area contributed by atoms with Crippen molar-refractivity contribution in [3.8, 4) is 0 Å². The SMILES string of the molecule is CC1CCCC1C(=O)N(C)C1CCCCC1CN. The Kier molecular flexibility index (Phi) is 4.66. The van der Waals surface area contributed by atoms with Crippen molar-refractivity contribution in [2.75, 3.05) is 13.6 Å². The molecule has 2 aliphatic carbocycles. The van der Waals surface area contributed by atoms with Gasteiger partial charge in [-0.3, -0.25) is 4.79 Å². The van der Waals surface area contributed by atoms with Crippen LogP contribution >= 0.6 is 0 Å². The van der Waals surface area contributed by atoms with E-state index in [0.717, 1.165) is 19.4 Å². The van der Waals surface area contributed by atoms with Crippen molar-refractivity contribution in [1.82, 2.24) is 4.90 Å². The van der Waals surface area contributed by atoms with Gasteiger partial charge in [0, 0.05) is 19.0 Å². The summed E-state index contributed by atoms with van der Waals surface area (Å²) in [5.74, 6) is 1.74. The van der Waals surface area contributed by atoms with Crippen molar-refractivity contribution in [2.45, 2.75) is 57.9 Å². The monoisotopic (exact) mass is 252 g/mol. The van der Waals surface area contributed by atoms with Crippen molar-refractivity contribution in [3.63, 3.8) is 0 Å². The Labute approximate surface area is 111 Å².